The van der Waals surface area contributed by atoms with E-state index in [2.05, 4.69) is 10.1 Å². The van der Waals surface area contributed by atoms with Crippen LogP contribution in [0.25, 0.3) is 0 Å². The number of rotatable bonds is 18. The number of hydrogen-bond donors (Lipinski definition) is 0. The van der Waals surface area contributed by atoms with Crippen LogP contribution in [0.4, 0.5) is 13.2 Å². The molecular formula is C34H33F3O9S. The highest BCUT2D eigenvalue weighted by Gasteiger charge is 2.49. The smallest absolute Gasteiger partial charge is 0.488 e. The molecule has 0 unspecified atom stereocenters. The lowest BCUT2D eigenvalue weighted by Crippen LogP contribution is -2.34. The molecule has 0 saturated heterocycles. The van der Waals surface area contributed by atoms with Crippen LogP contribution in [0.2, 0.25) is 0 Å². The van der Waals surface area contributed by atoms with Gasteiger partial charge in [-0.05, 0) is 29.3 Å². The van der Waals surface area contributed by atoms with Gasteiger partial charge in [0.05, 0.1) is 13.2 Å². The Morgan fingerprint density at radius 1 is 0.915 bits per heavy atom. The van der Waals surface area contributed by atoms with Crippen molar-refractivity contribution in [3.05, 3.63) is 120 Å². The van der Waals surface area contributed by atoms with Gasteiger partial charge in [-0.25, -0.2) is 4.79 Å². The summed E-state index contributed by atoms with van der Waals surface area (Å²) in [4.78, 5) is 13.8. The molecule has 3 aromatic rings. The van der Waals surface area contributed by atoms with E-state index in [0.717, 1.165) is 11.6 Å². The van der Waals surface area contributed by atoms with Gasteiger partial charge in [0.1, 0.15) is 36.9 Å². The maximum Gasteiger partial charge on any atom is 0.534 e. The highest BCUT2D eigenvalue weighted by atomic mass is 32.2. The maximum atomic E-state index is 13.8. The molecule has 0 aliphatic rings. The van der Waals surface area contributed by atoms with Gasteiger partial charge < -0.3 is 27.9 Å². The minimum absolute atomic E-state index is 0.0419. The molecule has 250 valence electrons. The molecule has 0 radical (unpaired) electrons. The summed E-state index contributed by atoms with van der Waals surface area (Å²) in [6.07, 6.45) is 9.24. The summed E-state index contributed by atoms with van der Waals surface area (Å²) in [6, 6.07) is 21.3. The molecule has 47 heavy (non-hydrogen) atoms. The number of benzene rings is 3. The molecule has 0 fully saturated rings. The largest absolute Gasteiger partial charge is 0.534 e. The standard InChI is InChI=1S/C34H33F3O9S/c1-3-4-5-12-18-28(44-25-41-2)29(21-22-42-23-26-14-8-6-9-15-26)45-33(38)32-30(43-24-27-16-10-7-11-17-27)19-13-20-31(32)46-47(39,40)34(35,36)37/h1,4-20,28-29H,21-25H2,2H3/b5-4-,18-12+/t28-,29-/m0/s1. The Labute approximate surface area is 271 Å². The van der Waals surface area contributed by atoms with E-state index in [4.69, 9.17) is 30.1 Å². The average molecular weight is 675 g/mol. The monoisotopic (exact) mass is 674 g/mol. The summed E-state index contributed by atoms with van der Waals surface area (Å²) in [5, 5.41) is 0. The van der Waals surface area contributed by atoms with E-state index in [9.17, 15) is 26.4 Å². The van der Waals surface area contributed by atoms with Gasteiger partial charge >= 0.3 is 21.6 Å². The van der Waals surface area contributed by atoms with E-state index >= 15 is 0 Å². The summed E-state index contributed by atoms with van der Waals surface area (Å²) in [7, 11) is -4.79. The van der Waals surface area contributed by atoms with Crippen LogP contribution >= 0.6 is 0 Å². The number of halogens is 3. The summed E-state index contributed by atoms with van der Waals surface area (Å²) in [5.74, 6) is -0.140. The van der Waals surface area contributed by atoms with Crippen molar-refractivity contribution in [3.8, 4) is 23.8 Å². The van der Waals surface area contributed by atoms with E-state index in [1.807, 2.05) is 30.3 Å². The molecule has 3 rings (SSSR count). The van der Waals surface area contributed by atoms with Crippen LogP contribution < -0.4 is 8.92 Å². The number of carbonyl (C=O) groups excluding carboxylic acids is 1. The lowest BCUT2D eigenvalue weighted by Gasteiger charge is -2.26. The summed E-state index contributed by atoms with van der Waals surface area (Å²) in [5.41, 5.74) is -4.91. The van der Waals surface area contributed by atoms with Crippen LogP contribution in [0.3, 0.4) is 0 Å². The van der Waals surface area contributed by atoms with Crippen molar-refractivity contribution in [2.75, 3.05) is 20.5 Å². The number of hydrogen-bond acceptors (Lipinski definition) is 9. The topological polar surface area (TPSA) is 107 Å². The third-order valence-corrected chi connectivity index (χ3v) is 7.14. The Kier molecular flexibility index (Phi) is 14.5. The first kappa shape index (κ1) is 36.9. The minimum atomic E-state index is -6.17. The van der Waals surface area contributed by atoms with Gasteiger partial charge in [-0.3, -0.25) is 0 Å². The summed E-state index contributed by atoms with van der Waals surface area (Å²) >= 11 is 0. The lowest BCUT2D eigenvalue weighted by molar-refractivity contribution is -0.103. The van der Waals surface area contributed by atoms with E-state index in [1.165, 1.54) is 37.5 Å². The second kappa shape index (κ2) is 18.5. The summed E-state index contributed by atoms with van der Waals surface area (Å²) < 4.78 is 96.3. The molecule has 9 nitrogen and oxygen atoms in total. The van der Waals surface area contributed by atoms with Crippen molar-refractivity contribution < 1.29 is 54.3 Å². The van der Waals surface area contributed by atoms with Crippen LogP contribution in [-0.4, -0.2) is 52.6 Å². The Balaban J connectivity index is 1.97. The fourth-order valence-electron chi connectivity index (χ4n) is 3.97. The molecule has 0 aliphatic carbocycles. The van der Waals surface area contributed by atoms with E-state index in [-0.39, 0.29) is 38.8 Å². The highest BCUT2D eigenvalue weighted by molar-refractivity contribution is 7.88. The molecule has 2 atom stereocenters. The van der Waals surface area contributed by atoms with E-state index in [0.29, 0.717) is 5.56 Å². The zero-order valence-corrected chi connectivity index (χ0v) is 26.1. The molecule has 0 heterocycles. The fourth-order valence-corrected chi connectivity index (χ4v) is 4.44. The van der Waals surface area contributed by atoms with Gasteiger partial charge in [0.15, 0.2) is 5.75 Å². The minimum Gasteiger partial charge on any atom is -0.488 e. The van der Waals surface area contributed by atoms with Crippen LogP contribution in [0.15, 0.2) is 103 Å². The lowest BCUT2D eigenvalue weighted by atomic mass is 10.1. The number of ether oxygens (including phenoxy) is 5. The number of carbonyl (C=O) groups is 1. The third-order valence-electron chi connectivity index (χ3n) is 6.18. The molecule has 0 aliphatic heterocycles. The first-order valence-electron chi connectivity index (χ1n) is 14.1. The van der Waals surface area contributed by atoms with E-state index in [1.54, 1.807) is 36.4 Å². The van der Waals surface area contributed by atoms with Crippen LogP contribution in [-0.2, 0) is 42.3 Å². The van der Waals surface area contributed by atoms with Gasteiger partial charge in [0.25, 0.3) is 0 Å². The van der Waals surface area contributed by atoms with Crippen LogP contribution in [0, 0.1) is 12.3 Å². The number of methoxy groups -OCH3 is 1. The molecule has 0 bridgehead atoms. The normalized spacial score (nSPS) is 13.3. The van der Waals surface area contributed by atoms with E-state index < -0.39 is 45.1 Å². The van der Waals surface area contributed by atoms with Gasteiger partial charge in [0.2, 0.25) is 0 Å². The average Bonchev–Trinajstić information content (AvgIpc) is 3.05. The predicted octanol–water partition coefficient (Wildman–Crippen LogP) is 6.36. The Hall–Kier alpha value is -4.61. The van der Waals surface area contributed by atoms with Crippen molar-refractivity contribution in [2.45, 2.75) is 37.4 Å². The third kappa shape index (κ3) is 11.9. The molecular weight excluding hydrogens is 641 g/mol. The molecule has 3 aromatic carbocycles. The van der Waals surface area contributed by atoms with Crippen molar-refractivity contribution >= 4 is 16.1 Å². The number of alkyl halides is 3. The second-order valence-electron chi connectivity index (χ2n) is 9.61. The van der Waals surface area contributed by atoms with Crippen LogP contribution in [0.1, 0.15) is 27.9 Å². The van der Waals surface area contributed by atoms with Gasteiger partial charge in [-0.15, -0.1) is 6.42 Å². The molecule has 13 heteroatoms. The SMILES string of the molecule is C#C/C=C\C=C\[C@H](OCOC)[C@H](CCOCc1ccccc1)OC(=O)c1c(OCc2ccccc2)cccc1OS(=O)(=O)C(F)(F)F. The first-order valence-corrected chi connectivity index (χ1v) is 15.5. The quantitative estimate of drug-likeness (QED) is 0.0290. The second-order valence-corrected chi connectivity index (χ2v) is 11.1. The first-order chi connectivity index (χ1) is 22.6. The number of esters is 1. The Bertz CT molecular complexity index is 1620. The fraction of sp³-hybridized carbons (Fsp3) is 0.265. The zero-order valence-electron chi connectivity index (χ0n) is 25.3. The molecule has 0 saturated carbocycles. The zero-order chi connectivity index (χ0) is 34.1. The van der Waals surface area contributed by atoms with Crippen molar-refractivity contribution in [1.82, 2.24) is 0 Å². The van der Waals surface area contributed by atoms with Crippen molar-refractivity contribution in [2.24, 2.45) is 0 Å². The Morgan fingerprint density at radius 2 is 1.55 bits per heavy atom. The molecule has 0 spiro atoms. The number of terminal acetylenes is 1. The van der Waals surface area contributed by atoms with Gasteiger partial charge in [-0.1, -0.05) is 90.9 Å². The molecule has 0 amide bonds. The van der Waals surface area contributed by atoms with Crippen molar-refractivity contribution in [1.29, 1.82) is 0 Å². The van der Waals surface area contributed by atoms with Gasteiger partial charge in [-0.2, -0.15) is 21.6 Å². The Morgan fingerprint density at radius 3 is 2.17 bits per heavy atom. The molecule has 0 aromatic heterocycles. The molecule has 0 N–H and O–H groups in total. The number of allylic oxidation sites excluding steroid dienone is 3. The maximum absolute atomic E-state index is 13.8. The predicted molar refractivity (Wildman–Crippen MR) is 167 cm³/mol. The van der Waals surface area contributed by atoms with Crippen LogP contribution in [0.5, 0.6) is 11.5 Å². The summed E-state index contributed by atoms with van der Waals surface area (Å²) in [6.45, 7) is -0.0279. The van der Waals surface area contributed by atoms with Crippen molar-refractivity contribution in [3.63, 3.8) is 0 Å². The highest BCUT2D eigenvalue weighted by Crippen LogP contribution is 2.35. The van der Waals surface area contributed by atoms with Gasteiger partial charge in [0, 0.05) is 13.5 Å².